The number of anilines is 2. The lowest BCUT2D eigenvalue weighted by atomic mass is 9.81. The van der Waals surface area contributed by atoms with Gasteiger partial charge in [-0.2, -0.15) is 13.2 Å². The second kappa shape index (κ2) is 13.0. The number of carbonyl (C=O) groups is 2. The highest BCUT2D eigenvalue weighted by atomic mass is 35.5. The summed E-state index contributed by atoms with van der Waals surface area (Å²) in [4.78, 5) is 33.7. The van der Waals surface area contributed by atoms with Crippen molar-refractivity contribution in [3.05, 3.63) is 102 Å². The van der Waals surface area contributed by atoms with Gasteiger partial charge in [0.25, 0.3) is 0 Å². The van der Waals surface area contributed by atoms with E-state index in [-0.39, 0.29) is 12.4 Å². The molecule has 2 aliphatic heterocycles. The number of rotatable bonds is 9. The number of halogens is 1. The number of methoxy groups -OCH3 is 2. The maximum absolute atomic E-state index is 15.3. The van der Waals surface area contributed by atoms with Gasteiger partial charge in [0.1, 0.15) is 35.8 Å². The Kier molecular flexibility index (Phi) is 8.94. The fraction of sp³-hybridized carbons (Fsp3) is 0.265. The van der Waals surface area contributed by atoms with Gasteiger partial charge < -0.3 is 29.5 Å². The highest BCUT2D eigenvalue weighted by Gasteiger charge is 2.69. The summed E-state index contributed by atoms with van der Waals surface area (Å²) < 4.78 is 45.8. The number of alkyl halides is 1. The molecule has 5 unspecified atom stereocenters. The Morgan fingerprint density at radius 2 is 1.69 bits per heavy atom. The summed E-state index contributed by atoms with van der Waals surface area (Å²) >= 11 is 7.21. The van der Waals surface area contributed by atoms with Gasteiger partial charge in [-0.15, -0.1) is 3.89 Å². The maximum atomic E-state index is 15.3. The number of hydrogen-bond donors (Lipinski definition) is 2. The molecule has 2 amide bonds. The summed E-state index contributed by atoms with van der Waals surface area (Å²) in [5.74, 6) is -1.27. The molecule has 0 bridgehead atoms. The Hall–Kier alpha value is -4.85. The lowest BCUT2D eigenvalue weighted by molar-refractivity contribution is -0.769. The van der Waals surface area contributed by atoms with Crippen LogP contribution in [0.1, 0.15) is 30.0 Å². The van der Waals surface area contributed by atoms with Crippen LogP contribution >= 0.6 is 11.6 Å². The molecule has 0 radical (unpaired) electrons. The van der Waals surface area contributed by atoms with Crippen LogP contribution < -0.4 is 24.4 Å². The van der Waals surface area contributed by atoms with Crippen molar-refractivity contribution in [3.8, 4) is 17.2 Å². The van der Waals surface area contributed by atoms with E-state index >= 15 is 8.42 Å². The lowest BCUT2D eigenvalue weighted by Gasteiger charge is -2.53. The Morgan fingerprint density at radius 1 is 1.00 bits per heavy atom. The number of carbonyl (C=O) groups excluding carboxylic acids is 1. The van der Waals surface area contributed by atoms with Crippen molar-refractivity contribution in [3.63, 3.8) is 0 Å². The lowest BCUT2D eigenvalue weighted by Crippen LogP contribution is -2.74. The molecule has 250 valence electrons. The third-order valence-corrected chi connectivity index (χ3v) is 11.6. The first-order valence-electron chi connectivity index (χ1n) is 15.1. The van der Waals surface area contributed by atoms with Gasteiger partial charge in [0.15, 0.2) is 16.4 Å². The van der Waals surface area contributed by atoms with E-state index in [4.69, 9.17) is 25.8 Å². The van der Waals surface area contributed by atoms with Crippen LogP contribution in [0.3, 0.4) is 0 Å². The zero-order valence-corrected chi connectivity index (χ0v) is 27.9. The molecule has 1 saturated heterocycles. The predicted molar refractivity (Wildman–Crippen MR) is 178 cm³/mol. The maximum Gasteiger partial charge on any atom is 0.530 e. The molecule has 3 aromatic carbocycles. The van der Waals surface area contributed by atoms with Gasteiger partial charge in [-0.3, -0.25) is 9.78 Å². The number of benzene rings is 3. The van der Waals surface area contributed by atoms with Crippen molar-refractivity contribution in [1.29, 1.82) is 0 Å². The van der Waals surface area contributed by atoms with Crippen LogP contribution in [0.25, 0.3) is 0 Å². The summed E-state index contributed by atoms with van der Waals surface area (Å²) in [5, 5.41) is 14.3. The van der Waals surface area contributed by atoms with Gasteiger partial charge in [-0.1, -0.05) is 48.0 Å². The van der Waals surface area contributed by atoms with E-state index in [9.17, 15) is 14.7 Å². The average molecular weight is 694 g/mol. The Morgan fingerprint density at radius 3 is 2.35 bits per heavy atom. The summed E-state index contributed by atoms with van der Waals surface area (Å²) in [5.41, 5.74) is 0.675. The minimum Gasteiger partial charge on any atom is -0.497 e. The van der Waals surface area contributed by atoms with Crippen LogP contribution in [0.2, 0.25) is 0 Å². The summed E-state index contributed by atoms with van der Waals surface area (Å²) in [7, 11) is -2.30. The molecule has 4 aromatic rings. The molecule has 12 nitrogen and oxygen atoms in total. The van der Waals surface area contributed by atoms with E-state index in [0.29, 0.717) is 34.0 Å². The van der Waals surface area contributed by atoms with Crippen molar-refractivity contribution in [2.75, 3.05) is 37.6 Å². The van der Waals surface area contributed by atoms with E-state index < -0.39 is 60.9 Å². The first-order valence-corrected chi connectivity index (χ1v) is 17.0. The molecule has 14 heteroatoms. The molecular weight excluding hydrogens is 660 g/mol. The smallest absolute Gasteiger partial charge is 0.497 e. The second-order valence-electron chi connectivity index (χ2n) is 11.3. The van der Waals surface area contributed by atoms with Crippen LogP contribution in [0.15, 0.2) is 96.2 Å². The molecule has 48 heavy (non-hydrogen) atoms. The summed E-state index contributed by atoms with van der Waals surface area (Å²) in [6.45, 7) is 1.42. The normalized spacial score (nSPS) is 23.6. The molecule has 3 heterocycles. The summed E-state index contributed by atoms with van der Waals surface area (Å²) in [6.07, 6.45) is 1.40. The molecule has 0 spiro atoms. The second-order valence-corrected chi connectivity index (χ2v) is 13.8. The number of ether oxygens (including phenoxy) is 3. The van der Waals surface area contributed by atoms with E-state index in [2.05, 4.69) is 10.3 Å². The van der Waals surface area contributed by atoms with E-state index in [1.165, 1.54) is 32.4 Å². The van der Waals surface area contributed by atoms with Gasteiger partial charge in [-0.05, 0) is 48.9 Å². The van der Waals surface area contributed by atoms with E-state index in [1.807, 2.05) is 0 Å². The number of amides is 2. The van der Waals surface area contributed by atoms with Crippen molar-refractivity contribution in [2.24, 2.45) is 0 Å². The zero-order valence-electron chi connectivity index (χ0n) is 26.3. The first kappa shape index (κ1) is 33.1. The van der Waals surface area contributed by atoms with Crippen LogP contribution in [0.5, 0.6) is 17.2 Å². The third-order valence-electron chi connectivity index (χ3n) is 8.91. The Balaban J connectivity index is 1.74. The van der Waals surface area contributed by atoms with Crippen molar-refractivity contribution >= 4 is 45.0 Å². The zero-order chi connectivity index (χ0) is 34.2. The van der Waals surface area contributed by atoms with Gasteiger partial charge in [0.05, 0.1) is 20.8 Å². The topological polar surface area (TPSA) is 144 Å². The number of aromatic nitrogens is 1. The molecule has 1 aromatic heterocycles. The number of nitrogens with one attached hydrogen (secondary N) is 1. The Labute approximate surface area is 283 Å². The number of nitrogens with zero attached hydrogens (tertiary/aromatic N) is 3. The quantitative estimate of drug-likeness (QED) is 0.129. The SMILES string of the molecule is CCOc1ccccc1C1C(C2C(=O)Nc3ccccc32)[N+](C(=O)O)(S(=O)(=O)c2ccc(OC)cc2OC)CC(Cl)N1c1ccncc1. The number of piperazine rings is 1. The van der Waals surface area contributed by atoms with Crippen molar-refractivity contribution in [2.45, 2.75) is 35.3 Å². The molecule has 0 saturated carbocycles. The van der Waals surface area contributed by atoms with Crippen molar-refractivity contribution in [1.82, 2.24) is 4.98 Å². The molecule has 2 aliphatic rings. The minimum absolute atomic E-state index is 0.128. The number of sulfonamides is 1. The number of carboxylic acid groups (broad SMARTS) is 1. The highest BCUT2D eigenvalue weighted by molar-refractivity contribution is 7.86. The standard InChI is InChI=1S/C34H33ClN4O8S/c1-4-47-26-12-8-6-10-24(26)31-32(30-23-9-5-7-11-25(23)37-33(30)40)39(34(41)42,20-29(35)38(31)21-15-17-36-18-16-21)48(43,44)28-14-13-22(45-2)19-27(28)46-3/h5-19,29-32H,4,20H2,1-3H3,(H-,37,40,41,42)/p+1. The molecular formula is C34H34ClN4O8S+. The monoisotopic (exact) mass is 693 g/mol. The predicted octanol–water partition coefficient (Wildman–Crippen LogP) is 5.61. The van der Waals surface area contributed by atoms with Gasteiger partial charge in [0.2, 0.25) is 5.91 Å². The van der Waals surface area contributed by atoms with Crippen LogP contribution in [0.4, 0.5) is 16.2 Å². The molecule has 1 fully saturated rings. The molecule has 6 rings (SSSR count). The fourth-order valence-electron chi connectivity index (χ4n) is 6.91. The van der Waals surface area contributed by atoms with Crippen LogP contribution in [-0.2, 0) is 14.8 Å². The number of fused-ring (bicyclic) bond motifs is 1. The highest BCUT2D eigenvalue weighted by Crippen LogP contribution is 2.54. The summed E-state index contributed by atoms with van der Waals surface area (Å²) in [6, 6.07) is 18.6. The molecule has 2 N–H and O–H groups in total. The molecule has 5 atom stereocenters. The first-order chi connectivity index (χ1) is 23.1. The third kappa shape index (κ3) is 5.18. The average Bonchev–Trinajstić information content (AvgIpc) is 3.43. The van der Waals surface area contributed by atoms with Crippen LogP contribution in [0, 0.1) is 0 Å². The molecule has 0 aliphatic carbocycles. The van der Waals surface area contributed by atoms with Crippen LogP contribution in [-0.4, -0.2) is 73.3 Å². The number of quaternary nitrogens is 1. The van der Waals surface area contributed by atoms with Crippen molar-refractivity contribution < 1.29 is 41.2 Å². The number of hydrogen-bond acceptors (Lipinski definition) is 9. The minimum atomic E-state index is -4.99. The van der Waals surface area contributed by atoms with Gasteiger partial charge in [-0.25, -0.2) is 0 Å². The number of para-hydroxylation sites is 2. The van der Waals surface area contributed by atoms with Gasteiger partial charge >= 0.3 is 16.1 Å². The van der Waals surface area contributed by atoms with E-state index in [1.54, 1.807) is 84.9 Å². The number of pyridine rings is 1. The Bertz CT molecular complexity index is 1960. The largest absolute Gasteiger partial charge is 0.530 e. The van der Waals surface area contributed by atoms with E-state index in [0.717, 1.165) is 0 Å². The van der Waals surface area contributed by atoms with Gasteiger partial charge in [0, 0.05) is 35.4 Å². The fourth-order valence-corrected chi connectivity index (χ4v) is 9.53.